The average molecular weight is 447 g/mol. The molecule has 2 heterocycles. The van der Waals surface area contributed by atoms with Gasteiger partial charge >= 0.3 is 0 Å². The molecular formula is C19H25Cl2FN4O3. The molecule has 0 spiro atoms. The summed E-state index contributed by atoms with van der Waals surface area (Å²) in [5.41, 5.74) is 6.06. The standard InChI is InChI=1S/C19H23FN4O3.2ClH/c20-17-4-2-1-3-16(17)18(25)22-5-6-23-7-9-24(10-8-23)19(26)14-11-15(12-21)27-13-14;;/h1-4,11,13H,5-10,12,21H2,(H,22,25);2*1H. The van der Waals surface area contributed by atoms with Crippen molar-refractivity contribution in [2.75, 3.05) is 39.3 Å². The number of carbonyl (C=O) groups excluding carboxylic acids is 2. The molecule has 1 aliphatic heterocycles. The Balaban J connectivity index is 0.00000210. The van der Waals surface area contributed by atoms with E-state index in [1.165, 1.54) is 18.4 Å². The second-order valence-corrected chi connectivity index (χ2v) is 6.38. The van der Waals surface area contributed by atoms with Gasteiger partial charge in [0.2, 0.25) is 0 Å². The van der Waals surface area contributed by atoms with Crippen LogP contribution in [-0.4, -0.2) is 60.9 Å². The van der Waals surface area contributed by atoms with Crippen LogP contribution in [0.3, 0.4) is 0 Å². The molecule has 0 unspecified atom stereocenters. The molecule has 10 heteroatoms. The minimum atomic E-state index is -0.529. The van der Waals surface area contributed by atoms with Gasteiger partial charge in [-0.3, -0.25) is 14.5 Å². The lowest BCUT2D eigenvalue weighted by atomic mass is 10.2. The largest absolute Gasteiger partial charge is 0.467 e. The lowest BCUT2D eigenvalue weighted by Gasteiger charge is -2.34. The van der Waals surface area contributed by atoms with Gasteiger partial charge in [-0.15, -0.1) is 24.8 Å². The maximum Gasteiger partial charge on any atom is 0.257 e. The zero-order chi connectivity index (χ0) is 19.2. The van der Waals surface area contributed by atoms with Crippen LogP contribution in [0.25, 0.3) is 0 Å². The molecule has 0 radical (unpaired) electrons. The van der Waals surface area contributed by atoms with Crippen molar-refractivity contribution in [2.45, 2.75) is 6.54 Å². The van der Waals surface area contributed by atoms with E-state index in [0.717, 1.165) is 0 Å². The first-order chi connectivity index (χ1) is 13.1. The van der Waals surface area contributed by atoms with Crippen LogP contribution in [0.4, 0.5) is 4.39 Å². The van der Waals surface area contributed by atoms with Gasteiger partial charge in [0.05, 0.1) is 17.7 Å². The Bertz CT molecular complexity index is 810. The van der Waals surface area contributed by atoms with Crippen LogP contribution in [0.15, 0.2) is 41.0 Å². The van der Waals surface area contributed by atoms with Crippen LogP contribution >= 0.6 is 24.8 Å². The number of nitrogens with one attached hydrogen (secondary N) is 1. The fraction of sp³-hybridized carbons (Fsp3) is 0.368. The predicted octanol–water partition coefficient (Wildman–Crippen LogP) is 1.91. The van der Waals surface area contributed by atoms with Gasteiger partial charge in [-0.25, -0.2) is 4.39 Å². The molecule has 3 rings (SSSR count). The number of piperazine rings is 1. The van der Waals surface area contributed by atoms with E-state index in [-0.39, 0.29) is 42.8 Å². The molecule has 2 aromatic rings. The van der Waals surface area contributed by atoms with E-state index < -0.39 is 11.7 Å². The summed E-state index contributed by atoms with van der Waals surface area (Å²) >= 11 is 0. The molecule has 0 atom stereocenters. The van der Waals surface area contributed by atoms with Gasteiger partial charge in [-0.1, -0.05) is 12.1 Å². The normalized spacial score (nSPS) is 13.9. The minimum Gasteiger partial charge on any atom is -0.467 e. The van der Waals surface area contributed by atoms with Gasteiger partial charge in [0.25, 0.3) is 11.8 Å². The number of halogens is 3. The van der Waals surface area contributed by atoms with Crippen LogP contribution in [-0.2, 0) is 6.54 Å². The number of furan rings is 1. The van der Waals surface area contributed by atoms with Crippen molar-refractivity contribution >= 4 is 36.6 Å². The van der Waals surface area contributed by atoms with Crippen molar-refractivity contribution in [2.24, 2.45) is 5.73 Å². The second kappa shape index (κ2) is 11.8. The molecule has 160 valence electrons. The van der Waals surface area contributed by atoms with Gasteiger partial charge < -0.3 is 20.4 Å². The van der Waals surface area contributed by atoms with Crippen molar-refractivity contribution in [1.82, 2.24) is 15.1 Å². The summed E-state index contributed by atoms with van der Waals surface area (Å²) in [5.74, 6) is -0.426. The molecule has 1 saturated heterocycles. The third kappa shape index (κ3) is 6.43. The minimum absolute atomic E-state index is 0. The summed E-state index contributed by atoms with van der Waals surface area (Å²) in [7, 11) is 0. The molecule has 1 fully saturated rings. The molecule has 1 aliphatic rings. The number of benzene rings is 1. The first-order valence-electron chi connectivity index (χ1n) is 8.90. The van der Waals surface area contributed by atoms with Gasteiger partial charge in [-0.05, 0) is 18.2 Å². The Morgan fingerprint density at radius 3 is 2.45 bits per heavy atom. The number of hydrogen-bond acceptors (Lipinski definition) is 5. The number of hydrogen-bond donors (Lipinski definition) is 2. The number of rotatable bonds is 6. The fourth-order valence-electron chi connectivity index (χ4n) is 3.03. The van der Waals surface area contributed by atoms with Crippen LogP contribution < -0.4 is 11.1 Å². The number of amides is 2. The van der Waals surface area contributed by atoms with E-state index in [4.69, 9.17) is 10.2 Å². The summed E-state index contributed by atoms with van der Waals surface area (Å²) in [5, 5.41) is 2.73. The van der Waals surface area contributed by atoms with E-state index >= 15 is 0 Å². The van der Waals surface area contributed by atoms with Crippen LogP contribution in [0.2, 0.25) is 0 Å². The van der Waals surface area contributed by atoms with E-state index in [1.54, 1.807) is 23.1 Å². The van der Waals surface area contributed by atoms with Crippen molar-refractivity contribution in [3.05, 3.63) is 59.3 Å². The highest BCUT2D eigenvalue weighted by Crippen LogP contribution is 2.12. The van der Waals surface area contributed by atoms with Gasteiger partial charge in [0, 0.05) is 39.3 Å². The van der Waals surface area contributed by atoms with Crippen LogP contribution in [0.5, 0.6) is 0 Å². The quantitative estimate of drug-likeness (QED) is 0.706. The molecule has 1 aromatic heterocycles. The zero-order valence-corrected chi connectivity index (χ0v) is 17.4. The fourth-order valence-corrected chi connectivity index (χ4v) is 3.03. The first kappa shape index (κ1) is 24.9. The summed E-state index contributed by atoms with van der Waals surface area (Å²) in [6.45, 7) is 3.95. The Morgan fingerprint density at radius 1 is 1.14 bits per heavy atom. The highest BCUT2D eigenvalue weighted by molar-refractivity contribution is 5.94. The lowest BCUT2D eigenvalue weighted by Crippen LogP contribution is -2.50. The Morgan fingerprint density at radius 2 is 1.83 bits per heavy atom. The molecule has 7 nitrogen and oxygen atoms in total. The Hall–Kier alpha value is -2.13. The highest BCUT2D eigenvalue weighted by Gasteiger charge is 2.23. The highest BCUT2D eigenvalue weighted by atomic mass is 35.5. The van der Waals surface area contributed by atoms with E-state index in [0.29, 0.717) is 50.6 Å². The van der Waals surface area contributed by atoms with Gasteiger partial charge in [0.15, 0.2) is 0 Å². The number of nitrogens with two attached hydrogens (primary N) is 1. The molecule has 29 heavy (non-hydrogen) atoms. The zero-order valence-electron chi connectivity index (χ0n) is 15.8. The van der Waals surface area contributed by atoms with Crippen molar-refractivity contribution in [3.63, 3.8) is 0 Å². The van der Waals surface area contributed by atoms with Crippen molar-refractivity contribution in [1.29, 1.82) is 0 Å². The molecular weight excluding hydrogens is 422 g/mol. The molecule has 0 bridgehead atoms. The first-order valence-corrected chi connectivity index (χ1v) is 8.90. The smallest absolute Gasteiger partial charge is 0.257 e. The summed E-state index contributed by atoms with van der Waals surface area (Å²) in [6, 6.07) is 7.58. The number of carbonyl (C=O) groups is 2. The van der Waals surface area contributed by atoms with Crippen LogP contribution in [0.1, 0.15) is 26.5 Å². The third-order valence-corrected chi connectivity index (χ3v) is 4.59. The lowest BCUT2D eigenvalue weighted by molar-refractivity contribution is 0.0637. The summed E-state index contributed by atoms with van der Waals surface area (Å²) < 4.78 is 18.8. The monoisotopic (exact) mass is 446 g/mol. The molecule has 0 aliphatic carbocycles. The SMILES string of the molecule is Cl.Cl.NCc1cc(C(=O)N2CCN(CCNC(=O)c3ccccc3F)CC2)co1. The molecule has 1 aromatic carbocycles. The number of nitrogens with zero attached hydrogens (tertiary/aromatic N) is 2. The molecule has 0 saturated carbocycles. The van der Waals surface area contributed by atoms with E-state index in [9.17, 15) is 14.0 Å². The van der Waals surface area contributed by atoms with Crippen molar-refractivity contribution in [3.8, 4) is 0 Å². The maximum absolute atomic E-state index is 13.6. The Kier molecular flexibility index (Phi) is 10.1. The summed E-state index contributed by atoms with van der Waals surface area (Å²) in [4.78, 5) is 28.4. The average Bonchev–Trinajstić information content (AvgIpc) is 3.17. The van der Waals surface area contributed by atoms with E-state index in [1.807, 2.05) is 0 Å². The molecule has 3 N–H and O–H groups in total. The topological polar surface area (TPSA) is 91.8 Å². The van der Waals surface area contributed by atoms with Crippen molar-refractivity contribution < 1.29 is 18.4 Å². The van der Waals surface area contributed by atoms with Crippen LogP contribution in [0, 0.1) is 5.82 Å². The second-order valence-electron chi connectivity index (χ2n) is 6.38. The van der Waals surface area contributed by atoms with E-state index in [2.05, 4.69) is 10.2 Å². The van der Waals surface area contributed by atoms with Gasteiger partial charge in [0.1, 0.15) is 17.8 Å². The molecule has 2 amide bonds. The Labute approximate surface area is 181 Å². The maximum atomic E-state index is 13.6. The van der Waals surface area contributed by atoms with Gasteiger partial charge in [-0.2, -0.15) is 0 Å². The third-order valence-electron chi connectivity index (χ3n) is 4.59. The summed E-state index contributed by atoms with van der Waals surface area (Å²) in [6.07, 6.45) is 1.44. The predicted molar refractivity (Wildman–Crippen MR) is 112 cm³/mol.